The molecular weight excluding hydrogens is 449 g/mol. The van der Waals surface area contributed by atoms with E-state index in [2.05, 4.69) is 5.32 Å². The van der Waals surface area contributed by atoms with Gasteiger partial charge in [-0.3, -0.25) is 0 Å². The minimum atomic E-state index is -4.54. The third-order valence-corrected chi connectivity index (χ3v) is 4.69. The molecule has 0 fully saturated rings. The Labute approximate surface area is 182 Å². The summed E-state index contributed by atoms with van der Waals surface area (Å²) < 4.78 is 71.4. The highest BCUT2D eigenvalue weighted by Crippen LogP contribution is 2.30. The number of anilines is 1. The lowest BCUT2D eigenvalue weighted by atomic mass is 10.2. The molecule has 1 heterocycles. The first-order valence-electron chi connectivity index (χ1n) is 9.23. The van der Waals surface area contributed by atoms with E-state index in [1.165, 1.54) is 35.4 Å². The van der Waals surface area contributed by atoms with Crippen LogP contribution in [0.4, 0.5) is 23.7 Å². The second kappa shape index (κ2) is 9.35. The fourth-order valence-corrected chi connectivity index (χ4v) is 3.27. The number of carbonyl (C=O) groups excluding carboxylic acids is 1. The van der Waals surface area contributed by atoms with Crippen LogP contribution in [0.1, 0.15) is 16.9 Å². The zero-order chi connectivity index (χ0) is 23.4. The number of alkyl halides is 3. The Bertz CT molecular complexity index is 1160. The molecule has 2 amide bonds. The van der Waals surface area contributed by atoms with Crippen molar-refractivity contribution < 1.29 is 35.0 Å². The number of urea groups is 1. The van der Waals surface area contributed by atoms with Crippen molar-refractivity contribution in [2.75, 3.05) is 11.6 Å². The number of halogens is 3. The van der Waals surface area contributed by atoms with E-state index in [1.54, 1.807) is 24.3 Å². The summed E-state index contributed by atoms with van der Waals surface area (Å²) >= 11 is 0. The summed E-state index contributed by atoms with van der Waals surface area (Å²) in [6.45, 7) is 0.129. The summed E-state index contributed by atoms with van der Waals surface area (Å²) in [5.74, 6) is 0.587. The quantitative estimate of drug-likeness (QED) is 0.500. The molecule has 1 aromatic heterocycles. The Balaban J connectivity index is 1.77. The van der Waals surface area contributed by atoms with E-state index in [-0.39, 0.29) is 24.5 Å². The van der Waals surface area contributed by atoms with Gasteiger partial charge in [0.05, 0.1) is 24.6 Å². The van der Waals surface area contributed by atoms with Crippen LogP contribution >= 0.6 is 0 Å². The van der Waals surface area contributed by atoms with Gasteiger partial charge in [-0.2, -0.15) is 21.6 Å². The highest BCUT2D eigenvalue weighted by Gasteiger charge is 2.30. The molecule has 0 saturated carbocycles. The first-order valence-corrected chi connectivity index (χ1v) is 11.1. The summed E-state index contributed by atoms with van der Waals surface area (Å²) in [6, 6.07) is 13.0. The van der Waals surface area contributed by atoms with Crippen LogP contribution in [0.5, 0.6) is 5.75 Å². The average molecular weight is 468 g/mol. The van der Waals surface area contributed by atoms with Crippen molar-refractivity contribution in [1.29, 1.82) is 0 Å². The van der Waals surface area contributed by atoms with Gasteiger partial charge in [-0.15, -0.1) is 0 Å². The topological polar surface area (TPSA) is 88.9 Å². The molecule has 3 aromatic rings. The molecule has 0 atom stereocenters. The molecule has 7 nitrogen and oxygen atoms in total. The molecule has 3 rings (SSSR count). The SMILES string of the molecule is CS(=O)(=O)Oc1ccc(CN(Cc2ccco2)C(=O)Nc2cccc(C(F)(F)F)c2)cc1. The summed E-state index contributed by atoms with van der Waals surface area (Å²) in [5.41, 5.74) is -0.253. The van der Waals surface area contributed by atoms with E-state index >= 15 is 0 Å². The molecule has 32 heavy (non-hydrogen) atoms. The molecule has 0 bridgehead atoms. The molecule has 2 aromatic carbocycles. The van der Waals surface area contributed by atoms with E-state index in [4.69, 9.17) is 8.60 Å². The molecule has 0 radical (unpaired) electrons. The molecule has 0 aliphatic rings. The van der Waals surface area contributed by atoms with Crippen LogP contribution in [0.25, 0.3) is 0 Å². The number of amides is 2. The Kier molecular flexibility index (Phi) is 6.78. The fraction of sp³-hybridized carbons (Fsp3) is 0.190. The van der Waals surface area contributed by atoms with E-state index in [0.717, 1.165) is 18.4 Å². The number of hydrogen-bond acceptors (Lipinski definition) is 5. The maximum Gasteiger partial charge on any atom is 0.416 e. The van der Waals surface area contributed by atoms with Crippen LogP contribution in [-0.2, 0) is 29.4 Å². The fourth-order valence-electron chi connectivity index (χ4n) is 2.81. The Morgan fingerprint density at radius 2 is 1.78 bits per heavy atom. The molecule has 0 spiro atoms. The second-order valence-corrected chi connectivity index (χ2v) is 8.45. The van der Waals surface area contributed by atoms with Gasteiger partial charge in [-0.05, 0) is 48.0 Å². The predicted molar refractivity (Wildman–Crippen MR) is 110 cm³/mol. The Hall–Kier alpha value is -3.47. The second-order valence-electron chi connectivity index (χ2n) is 6.88. The first-order chi connectivity index (χ1) is 15.0. The van der Waals surface area contributed by atoms with Gasteiger partial charge in [-0.1, -0.05) is 18.2 Å². The van der Waals surface area contributed by atoms with Gasteiger partial charge >= 0.3 is 22.3 Å². The molecule has 0 unspecified atom stereocenters. The number of hydrogen-bond donors (Lipinski definition) is 1. The van der Waals surface area contributed by atoms with Gasteiger partial charge in [-0.25, -0.2) is 4.79 Å². The monoisotopic (exact) mass is 468 g/mol. The van der Waals surface area contributed by atoms with Crippen LogP contribution in [-0.4, -0.2) is 25.6 Å². The highest BCUT2D eigenvalue weighted by atomic mass is 32.2. The molecule has 170 valence electrons. The van der Waals surface area contributed by atoms with Gasteiger partial charge in [0.15, 0.2) is 0 Å². The van der Waals surface area contributed by atoms with Gasteiger partial charge < -0.3 is 18.8 Å². The minimum Gasteiger partial charge on any atom is -0.467 e. The van der Waals surface area contributed by atoms with Gasteiger partial charge in [0.25, 0.3) is 0 Å². The van der Waals surface area contributed by atoms with Crippen molar-refractivity contribution in [3.05, 3.63) is 83.8 Å². The van der Waals surface area contributed by atoms with Crippen LogP contribution in [0.2, 0.25) is 0 Å². The minimum absolute atomic E-state index is 0.00818. The van der Waals surface area contributed by atoms with E-state index in [0.29, 0.717) is 11.3 Å². The average Bonchev–Trinajstić information content (AvgIpc) is 3.20. The van der Waals surface area contributed by atoms with Crippen LogP contribution in [0, 0.1) is 0 Å². The van der Waals surface area contributed by atoms with Crippen molar-refractivity contribution in [3.8, 4) is 5.75 Å². The molecule has 0 aliphatic carbocycles. The van der Waals surface area contributed by atoms with Crippen molar-refractivity contribution >= 4 is 21.8 Å². The largest absolute Gasteiger partial charge is 0.467 e. The van der Waals surface area contributed by atoms with Crippen molar-refractivity contribution in [1.82, 2.24) is 4.90 Å². The third kappa shape index (κ3) is 6.77. The molecule has 0 saturated heterocycles. The summed E-state index contributed by atoms with van der Waals surface area (Å²) in [6.07, 6.45) is -2.18. The number of nitrogens with zero attached hydrogens (tertiary/aromatic N) is 1. The lowest BCUT2D eigenvalue weighted by Crippen LogP contribution is -2.34. The molecular formula is C21H19F3N2O5S. The molecule has 11 heteroatoms. The molecule has 1 N–H and O–H groups in total. The number of nitrogens with one attached hydrogen (secondary N) is 1. The lowest BCUT2D eigenvalue weighted by Gasteiger charge is -2.23. The van der Waals surface area contributed by atoms with Gasteiger partial charge in [0.1, 0.15) is 11.5 Å². The van der Waals surface area contributed by atoms with E-state index in [1.807, 2.05) is 0 Å². The zero-order valence-corrected chi connectivity index (χ0v) is 17.6. The van der Waals surface area contributed by atoms with Gasteiger partial charge in [0.2, 0.25) is 0 Å². The standard InChI is InChI=1S/C21H19F3N2O5S/c1-32(28,29)31-18-9-7-15(8-10-18)13-26(14-19-6-3-11-30-19)20(27)25-17-5-2-4-16(12-17)21(22,23)24/h2-12H,13-14H2,1H3,(H,25,27). The summed E-state index contributed by atoms with van der Waals surface area (Å²) in [4.78, 5) is 14.2. The predicted octanol–water partition coefficient (Wildman–Crippen LogP) is 4.87. The Morgan fingerprint density at radius 3 is 2.38 bits per heavy atom. The summed E-state index contributed by atoms with van der Waals surface area (Å²) in [5, 5.41) is 2.47. The number of carbonyl (C=O) groups is 1. The van der Waals surface area contributed by atoms with Crippen LogP contribution in [0.3, 0.4) is 0 Å². The number of benzene rings is 2. The lowest BCUT2D eigenvalue weighted by molar-refractivity contribution is -0.137. The zero-order valence-electron chi connectivity index (χ0n) is 16.8. The maximum absolute atomic E-state index is 13.0. The third-order valence-electron chi connectivity index (χ3n) is 4.20. The van der Waals surface area contributed by atoms with Crippen molar-refractivity contribution in [2.24, 2.45) is 0 Å². The Morgan fingerprint density at radius 1 is 1.06 bits per heavy atom. The maximum atomic E-state index is 13.0. The number of furan rings is 1. The van der Waals surface area contributed by atoms with Crippen molar-refractivity contribution in [2.45, 2.75) is 19.3 Å². The van der Waals surface area contributed by atoms with E-state index < -0.39 is 27.9 Å². The van der Waals surface area contributed by atoms with Crippen LogP contribution in [0.15, 0.2) is 71.3 Å². The molecule has 0 aliphatic heterocycles. The van der Waals surface area contributed by atoms with Crippen LogP contribution < -0.4 is 9.50 Å². The van der Waals surface area contributed by atoms with Crippen molar-refractivity contribution in [3.63, 3.8) is 0 Å². The smallest absolute Gasteiger partial charge is 0.416 e. The van der Waals surface area contributed by atoms with E-state index in [9.17, 15) is 26.4 Å². The first kappa shape index (κ1) is 23.2. The summed E-state index contributed by atoms with van der Waals surface area (Å²) in [7, 11) is -3.68. The van der Waals surface area contributed by atoms with Gasteiger partial charge in [0, 0.05) is 12.2 Å². The highest BCUT2D eigenvalue weighted by molar-refractivity contribution is 7.86. The normalized spacial score (nSPS) is 11.8. The number of rotatable bonds is 7.